The van der Waals surface area contributed by atoms with Gasteiger partial charge in [0.05, 0.1) is 11.1 Å². The van der Waals surface area contributed by atoms with Crippen LogP contribution in [0.3, 0.4) is 0 Å². The van der Waals surface area contributed by atoms with Gasteiger partial charge in [0.2, 0.25) is 0 Å². The molecule has 0 radical (unpaired) electrons. The Kier molecular flexibility index (Phi) is 5.60. The van der Waals surface area contributed by atoms with Gasteiger partial charge in [-0.1, -0.05) is 18.2 Å². The van der Waals surface area contributed by atoms with Gasteiger partial charge in [-0.2, -0.15) is 13.2 Å². The Bertz CT molecular complexity index is 847. The molecule has 1 fully saturated rings. The van der Waals surface area contributed by atoms with Crippen LogP contribution in [0.5, 0.6) is 0 Å². The van der Waals surface area contributed by atoms with Crippen molar-refractivity contribution in [2.45, 2.75) is 25.4 Å². The normalized spacial score (nSPS) is 16.8. The summed E-state index contributed by atoms with van der Waals surface area (Å²) in [5.74, 6) is -0.113. The third-order valence-electron chi connectivity index (χ3n) is 5.40. The maximum atomic E-state index is 13.3. The molecule has 1 aromatic heterocycles. The molecule has 0 atom stereocenters. The summed E-state index contributed by atoms with van der Waals surface area (Å²) in [5.41, 5.74) is 4.59. The molecule has 0 unspecified atom stereocenters. The number of piperidine rings is 1. The first-order valence-corrected chi connectivity index (χ1v) is 9.01. The number of nitrogens with zero attached hydrogens (tertiary/aromatic N) is 2. The van der Waals surface area contributed by atoms with Crippen LogP contribution in [0.1, 0.15) is 34.3 Å². The molecule has 5 nitrogen and oxygen atoms in total. The lowest BCUT2D eigenvalue weighted by atomic mass is 9.73. The van der Waals surface area contributed by atoms with Crippen LogP contribution in [0, 0.1) is 5.41 Å². The van der Waals surface area contributed by atoms with E-state index in [1.54, 1.807) is 24.4 Å². The Morgan fingerprint density at radius 2 is 1.86 bits per heavy atom. The van der Waals surface area contributed by atoms with E-state index < -0.39 is 23.1 Å². The third kappa shape index (κ3) is 4.11. The van der Waals surface area contributed by atoms with E-state index >= 15 is 0 Å². The molecule has 8 heteroatoms. The zero-order valence-corrected chi connectivity index (χ0v) is 15.2. The van der Waals surface area contributed by atoms with Gasteiger partial charge in [-0.25, -0.2) is 4.98 Å². The summed E-state index contributed by atoms with van der Waals surface area (Å²) in [6.45, 7) is 0.718. The fraction of sp³-hybridized carbons (Fsp3) is 0.400. The van der Waals surface area contributed by atoms with E-state index in [9.17, 15) is 23.1 Å². The van der Waals surface area contributed by atoms with Crippen LogP contribution >= 0.6 is 0 Å². The minimum absolute atomic E-state index is 0.137. The van der Waals surface area contributed by atoms with Crippen LogP contribution in [-0.2, 0) is 12.6 Å². The molecule has 2 aromatic rings. The van der Waals surface area contributed by atoms with Gasteiger partial charge < -0.3 is 15.7 Å². The van der Waals surface area contributed by atoms with Crippen molar-refractivity contribution in [2.75, 3.05) is 24.6 Å². The number of carbonyl (C=O) groups excluding carboxylic acids is 1. The second kappa shape index (κ2) is 7.79. The highest BCUT2D eigenvalue weighted by atomic mass is 19.4. The number of benzene rings is 1. The summed E-state index contributed by atoms with van der Waals surface area (Å²) < 4.78 is 39.9. The summed E-state index contributed by atoms with van der Waals surface area (Å²) >= 11 is 0. The van der Waals surface area contributed by atoms with Crippen LogP contribution in [0.15, 0.2) is 42.6 Å². The number of pyridine rings is 1. The Labute approximate surface area is 161 Å². The first-order valence-electron chi connectivity index (χ1n) is 9.01. The molecule has 0 saturated carbocycles. The van der Waals surface area contributed by atoms with Gasteiger partial charge in [0.1, 0.15) is 5.82 Å². The zero-order valence-electron chi connectivity index (χ0n) is 15.2. The van der Waals surface area contributed by atoms with Crippen molar-refractivity contribution in [3.8, 4) is 0 Å². The summed E-state index contributed by atoms with van der Waals surface area (Å²) in [6, 6.07) is 8.71. The lowest BCUT2D eigenvalue weighted by Crippen LogP contribution is -2.44. The topological polar surface area (TPSA) is 79.5 Å². The van der Waals surface area contributed by atoms with Crippen LogP contribution < -0.4 is 10.6 Å². The Balaban J connectivity index is 1.80. The smallest absolute Gasteiger partial charge is 0.396 e. The second-order valence-corrected chi connectivity index (χ2v) is 7.22. The number of hydrogen-bond donors (Lipinski definition) is 2. The number of alkyl halides is 3. The number of halogens is 3. The standard InChI is InChI=1S/C20H22F3N3O2/c21-20(22,23)16-6-2-1-4-14(16)12-19(13-27)7-10-26(11-8-19)18-15(17(24)28)5-3-9-25-18/h1-6,9,27H,7-8,10-13H2,(H2,24,28). The zero-order chi connectivity index (χ0) is 20.4. The molecule has 1 aliphatic heterocycles. The van der Waals surface area contributed by atoms with E-state index in [0.717, 1.165) is 6.07 Å². The number of nitrogens with two attached hydrogens (primary N) is 1. The largest absolute Gasteiger partial charge is 0.416 e. The van der Waals surface area contributed by atoms with E-state index in [4.69, 9.17) is 5.73 Å². The van der Waals surface area contributed by atoms with Crippen LogP contribution in [0.4, 0.5) is 19.0 Å². The molecule has 2 heterocycles. The molecule has 1 saturated heterocycles. The number of primary amides is 1. The second-order valence-electron chi connectivity index (χ2n) is 7.22. The number of amides is 1. The summed E-state index contributed by atoms with van der Waals surface area (Å²) in [5, 5.41) is 10.0. The Morgan fingerprint density at radius 3 is 2.46 bits per heavy atom. The number of carbonyl (C=O) groups is 1. The predicted molar refractivity (Wildman–Crippen MR) is 98.9 cm³/mol. The van der Waals surface area contributed by atoms with Crippen LogP contribution in [0.2, 0.25) is 0 Å². The number of rotatable bonds is 5. The quantitative estimate of drug-likeness (QED) is 0.819. The summed E-state index contributed by atoms with van der Waals surface area (Å²) in [4.78, 5) is 17.8. The minimum Gasteiger partial charge on any atom is -0.396 e. The molecule has 150 valence electrons. The molecule has 0 spiro atoms. The molecule has 28 heavy (non-hydrogen) atoms. The summed E-state index contributed by atoms with van der Waals surface area (Å²) in [6.07, 6.45) is -1.78. The van der Waals surface area contributed by atoms with Gasteiger partial charge in [0, 0.05) is 31.3 Å². The van der Waals surface area contributed by atoms with Gasteiger partial charge in [0.25, 0.3) is 5.91 Å². The van der Waals surface area contributed by atoms with E-state index in [1.807, 2.05) is 4.90 Å². The number of aliphatic hydroxyl groups is 1. The van der Waals surface area contributed by atoms with Gasteiger partial charge in [-0.3, -0.25) is 4.79 Å². The fourth-order valence-corrected chi connectivity index (χ4v) is 3.78. The van der Waals surface area contributed by atoms with E-state index in [1.165, 1.54) is 12.1 Å². The van der Waals surface area contributed by atoms with Crippen molar-refractivity contribution < 1.29 is 23.1 Å². The Morgan fingerprint density at radius 1 is 1.18 bits per heavy atom. The van der Waals surface area contributed by atoms with Gasteiger partial charge >= 0.3 is 6.18 Å². The highest BCUT2D eigenvalue weighted by Crippen LogP contribution is 2.40. The van der Waals surface area contributed by atoms with E-state index in [-0.39, 0.29) is 18.6 Å². The molecule has 0 aliphatic carbocycles. The maximum Gasteiger partial charge on any atom is 0.416 e. The lowest BCUT2D eigenvalue weighted by Gasteiger charge is -2.42. The van der Waals surface area contributed by atoms with Crippen molar-refractivity contribution >= 4 is 11.7 Å². The predicted octanol–water partition coefficient (Wildman–Crippen LogP) is 3.02. The molecule has 0 bridgehead atoms. The van der Waals surface area contributed by atoms with Gasteiger partial charge in [-0.05, 0) is 43.0 Å². The average molecular weight is 393 g/mol. The SMILES string of the molecule is NC(=O)c1cccnc1N1CCC(CO)(Cc2ccccc2C(F)(F)F)CC1. The monoisotopic (exact) mass is 393 g/mol. The fourth-order valence-electron chi connectivity index (χ4n) is 3.78. The highest BCUT2D eigenvalue weighted by Gasteiger charge is 2.39. The number of anilines is 1. The van der Waals surface area contributed by atoms with Crippen molar-refractivity contribution in [3.05, 3.63) is 59.3 Å². The molecule has 3 N–H and O–H groups in total. The number of hydrogen-bond acceptors (Lipinski definition) is 4. The van der Waals surface area contributed by atoms with Crippen LogP contribution in [0.25, 0.3) is 0 Å². The summed E-state index contributed by atoms with van der Waals surface area (Å²) in [7, 11) is 0. The molecule has 3 rings (SSSR count). The van der Waals surface area contributed by atoms with Crippen LogP contribution in [-0.4, -0.2) is 35.7 Å². The lowest BCUT2D eigenvalue weighted by molar-refractivity contribution is -0.138. The number of aliphatic hydroxyl groups excluding tert-OH is 1. The first-order chi connectivity index (χ1) is 13.3. The maximum absolute atomic E-state index is 13.3. The highest BCUT2D eigenvalue weighted by molar-refractivity contribution is 5.97. The van der Waals surface area contributed by atoms with Crippen molar-refractivity contribution in [1.29, 1.82) is 0 Å². The van der Waals surface area contributed by atoms with Crippen molar-refractivity contribution in [2.24, 2.45) is 11.1 Å². The molecule has 1 aromatic carbocycles. The van der Waals surface area contributed by atoms with Crippen molar-refractivity contribution in [1.82, 2.24) is 4.98 Å². The molecule has 1 amide bonds. The minimum atomic E-state index is -4.43. The van der Waals surface area contributed by atoms with Gasteiger partial charge in [-0.15, -0.1) is 0 Å². The number of aromatic nitrogens is 1. The average Bonchev–Trinajstić information content (AvgIpc) is 2.68. The third-order valence-corrected chi connectivity index (χ3v) is 5.40. The molecule has 1 aliphatic rings. The van der Waals surface area contributed by atoms with E-state index in [2.05, 4.69) is 4.98 Å². The van der Waals surface area contributed by atoms with Crippen molar-refractivity contribution in [3.63, 3.8) is 0 Å². The molecular weight excluding hydrogens is 371 g/mol. The first kappa shape index (κ1) is 20.1. The molecular formula is C20H22F3N3O2. The Hall–Kier alpha value is -2.61. The van der Waals surface area contributed by atoms with E-state index in [0.29, 0.717) is 37.3 Å². The van der Waals surface area contributed by atoms with Gasteiger partial charge in [0.15, 0.2) is 0 Å².